The molecule has 1 aromatic carbocycles. The number of thiophene rings is 1. The van der Waals surface area contributed by atoms with Crippen LogP contribution >= 0.6 is 11.3 Å². The van der Waals surface area contributed by atoms with Gasteiger partial charge in [0.2, 0.25) is 15.9 Å². The highest BCUT2D eigenvalue weighted by Crippen LogP contribution is 2.17. The van der Waals surface area contributed by atoms with Crippen molar-refractivity contribution in [2.24, 2.45) is 0 Å². The lowest BCUT2D eigenvalue weighted by Gasteiger charge is -2.35. The Balaban J connectivity index is 1.57. The highest BCUT2D eigenvalue weighted by atomic mass is 32.2. The first-order valence-electron chi connectivity index (χ1n) is 8.58. The third-order valence-corrected chi connectivity index (χ3v) is 7.18. The lowest BCUT2D eigenvalue weighted by atomic mass is 10.2. The van der Waals surface area contributed by atoms with Gasteiger partial charge in [-0.05, 0) is 30.5 Å². The van der Waals surface area contributed by atoms with Crippen molar-refractivity contribution in [1.82, 2.24) is 14.5 Å². The molecule has 2 aromatic rings. The lowest BCUT2D eigenvalue weighted by Crippen LogP contribution is -2.55. The van der Waals surface area contributed by atoms with E-state index < -0.39 is 16.1 Å². The van der Waals surface area contributed by atoms with Crippen LogP contribution in [0.3, 0.4) is 0 Å². The molecular weight excluding hydrogens is 386 g/mol. The summed E-state index contributed by atoms with van der Waals surface area (Å²) in [5.74, 6) is -0.493. The highest BCUT2D eigenvalue weighted by molar-refractivity contribution is 7.89. The Morgan fingerprint density at radius 3 is 2.30 bits per heavy atom. The van der Waals surface area contributed by atoms with Crippen molar-refractivity contribution in [2.75, 3.05) is 26.2 Å². The van der Waals surface area contributed by atoms with Crippen LogP contribution in [0, 0.1) is 0 Å². The molecule has 144 valence electrons. The van der Waals surface area contributed by atoms with Gasteiger partial charge in [-0.3, -0.25) is 9.59 Å². The van der Waals surface area contributed by atoms with Crippen molar-refractivity contribution < 1.29 is 18.0 Å². The Hall–Kier alpha value is -2.23. The first-order chi connectivity index (χ1) is 12.9. The summed E-state index contributed by atoms with van der Waals surface area (Å²) in [5.41, 5.74) is 0. The minimum absolute atomic E-state index is 0.211. The Kier molecular flexibility index (Phi) is 5.93. The fourth-order valence-electron chi connectivity index (χ4n) is 2.90. The summed E-state index contributed by atoms with van der Waals surface area (Å²) < 4.78 is 26.7. The van der Waals surface area contributed by atoms with Crippen LogP contribution < -0.4 is 5.32 Å². The van der Waals surface area contributed by atoms with Crippen LogP contribution in [0.2, 0.25) is 0 Å². The largest absolute Gasteiger partial charge is 0.340 e. The van der Waals surface area contributed by atoms with Crippen molar-refractivity contribution in [1.29, 1.82) is 0 Å². The number of benzene rings is 1. The third-order valence-electron chi connectivity index (χ3n) is 4.39. The highest BCUT2D eigenvalue weighted by Gasteiger charge is 2.31. The molecule has 9 heteroatoms. The van der Waals surface area contributed by atoms with Gasteiger partial charge in [0.05, 0.1) is 9.77 Å². The van der Waals surface area contributed by atoms with E-state index in [2.05, 4.69) is 5.32 Å². The summed E-state index contributed by atoms with van der Waals surface area (Å²) in [5, 5.41) is 4.49. The molecule has 2 heterocycles. The smallest absolute Gasteiger partial charge is 0.261 e. The summed E-state index contributed by atoms with van der Waals surface area (Å²) in [7, 11) is -3.55. The van der Waals surface area contributed by atoms with Gasteiger partial charge in [-0.2, -0.15) is 4.31 Å². The summed E-state index contributed by atoms with van der Waals surface area (Å²) in [4.78, 5) is 27.1. The van der Waals surface area contributed by atoms with Gasteiger partial charge in [0.15, 0.2) is 0 Å². The van der Waals surface area contributed by atoms with E-state index in [-0.39, 0.29) is 29.8 Å². The Morgan fingerprint density at radius 1 is 1.04 bits per heavy atom. The lowest BCUT2D eigenvalue weighted by molar-refractivity contribution is -0.134. The van der Waals surface area contributed by atoms with E-state index in [4.69, 9.17) is 0 Å². The van der Waals surface area contributed by atoms with Crippen LogP contribution in [0.4, 0.5) is 0 Å². The van der Waals surface area contributed by atoms with Crippen LogP contribution in [-0.4, -0.2) is 61.7 Å². The number of carbonyl (C=O) groups excluding carboxylic acids is 2. The molecule has 0 bridgehead atoms. The predicted molar refractivity (Wildman–Crippen MR) is 103 cm³/mol. The Morgan fingerprint density at radius 2 is 1.70 bits per heavy atom. The van der Waals surface area contributed by atoms with Crippen molar-refractivity contribution in [3.05, 3.63) is 52.7 Å². The minimum atomic E-state index is -3.55. The van der Waals surface area contributed by atoms with Gasteiger partial charge in [0.25, 0.3) is 5.91 Å². The summed E-state index contributed by atoms with van der Waals surface area (Å²) in [6.07, 6.45) is 0. The van der Waals surface area contributed by atoms with E-state index in [1.54, 1.807) is 59.7 Å². The van der Waals surface area contributed by atoms with Crippen LogP contribution in [0.15, 0.2) is 52.7 Å². The number of hydrogen-bond donors (Lipinski definition) is 1. The van der Waals surface area contributed by atoms with Gasteiger partial charge in [0, 0.05) is 26.2 Å². The average Bonchev–Trinajstić information content (AvgIpc) is 3.23. The fourth-order valence-corrected chi connectivity index (χ4v) is 4.97. The minimum Gasteiger partial charge on any atom is -0.340 e. The van der Waals surface area contributed by atoms with E-state index in [1.807, 2.05) is 0 Å². The number of rotatable bonds is 5. The zero-order chi connectivity index (χ0) is 19.4. The molecular formula is C18H21N3O4S2. The number of hydrogen-bond acceptors (Lipinski definition) is 5. The van der Waals surface area contributed by atoms with E-state index >= 15 is 0 Å². The van der Waals surface area contributed by atoms with Gasteiger partial charge in [0.1, 0.15) is 6.04 Å². The molecule has 2 amide bonds. The third kappa shape index (κ3) is 4.37. The fraction of sp³-hybridized carbons (Fsp3) is 0.333. The monoisotopic (exact) mass is 407 g/mol. The van der Waals surface area contributed by atoms with Crippen LogP contribution in [0.5, 0.6) is 0 Å². The summed E-state index contributed by atoms with van der Waals surface area (Å²) in [6, 6.07) is 11.1. The number of nitrogens with one attached hydrogen (secondary N) is 1. The van der Waals surface area contributed by atoms with E-state index in [0.717, 1.165) is 0 Å². The van der Waals surface area contributed by atoms with Crippen molar-refractivity contribution in [3.8, 4) is 0 Å². The molecule has 27 heavy (non-hydrogen) atoms. The molecule has 1 aliphatic rings. The van der Waals surface area contributed by atoms with Gasteiger partial charge >= 0.3 is 0 Å². The molecule has 1 aliphatic heterocycles. The maximum atomic E-state index is 12.6. The maximum Gasteiger partial charge on any atom is 0.261 e. The molecule has 0 radical (unpaired) electrons. The van der Waals surface area contributed by atoms with Gasteiger partial charge in [-0.15, -0.1) is 11.3 Å². The van der Waals surface area contributed by atoms with Gasteiger partial charge in [-0.1, -0.05) is 24.3 Å². The second-order valence-corrected chi connectivity index (χ2v) is 9.10. The molecule has 1 saturated heterocycles. The normalized spacial score (nSPS) is 16.7. The molecule has 1 N–H and O–H groups in total. The van der Waals surface area contributed by atoms with Gasteiger partial charge in [-0.25, -0.2) is 8.42 Å². The Labute approximate surface area is 162 Å². The second kappa shape index (κ2) is 8.20. The standard InChI is InChI=1S/C18H21N3O4S2/c1-14(19-17(22)16-8-5-13-26-16)18(23)20-9-11-21(12-10-20)27(24,25)15-6-3-2-4-7-15/h2-8,13-14H,9-12H2,1H3,(H,19,22). The predicted octanol–water partition coefficient (Wildman–Crippen LogP) is 1.40. The van der Waals surface area contributed by atoms with Crippen molar-refractivity contribution in [3.63, 3.8) is 0 Å². The second-order valence-electron chi connectivity index (χ2n) is 6.21. The van der Waals surface area contributed by atoms with E-state index in [1.165, 1.54) is 15.6 Å². The molecule has 7 nitrogen and oxygen atoms in total. The first kappa shape index (κ1) is 19.5. The van der Waals surface area contributed by atoms with E-state index in [9.17, 15) is 18.0 Å². The number of piperazine rings is 1. The average molecular weight is 408 g/mol. The zero-order valence-electron chi connectivity index (χ0n) is 14.9. The molecule has 1 aromatic heterocycles. The summed E-state index contributed by atoms with van der Waals surface area (Å²) >= 11 is 1.31. The number of carbonyl (C=O) groups is 2. The molecule has 1 atom stereocenters. The summed E-state index contributed by atoms with van der Waals surface area (Å²) in [6.45, 7) is 2.69. The van der Waals surface area contributed by atoms with Crippen LogP contribution in [-0.2, 0) is 14.8 Å². The van der Waals surface area contributed by atoms with Crippen LogP contribution in [0.25, 0.3) is 0 Å². The van der Waals surface area contributed by atoms with Crippen molar-refractivity contribution in [2.45, 2.75) is 17.9 Å². The molecule has 1 unspecified atom stereocenters. The number of amides is 2. The SMILES string of the molecule is CC(NC(=O)c1cccs1)C(=O)N1CCN(S(=O)(=O)c2ccccc2)CC1. The molecule has 1 fully saturated rings. The molecule has 3 rings (SSSR count). The van der Waals surface area contributed by atoms with Crippen molar-refractivity contribution >= 4 is 33.2 Å². The first-order valence-corrected chi connectivity index (χ1v) is 10.9. The molecule has 0 saturated carbocycles. The topological polar surface area (TPSA) is 86.8 Å². The number of sulfonamides is 1. The maximum absolute atomic E-state index is 12.6. The van der Waals surface area contributed by atoms with Crippen LogP contribution in [0.1, 0.15) is 16.6 Å². The Bertz CT molecular complexity index is 890. The zero-order valence-corrected chi connectivity index (χ0v) is 16.5. The molecule has 0 spiro atoms. The number of nitrogens with zero attached hydrogens (tertiary/aromatic N) is 2. The van der Waals surface area contributed by atoms with E-state index in [0.29, 0.717) is 18.0 Å². The van der Waals surface area contributed by atoms with Gasteiger partial charge < -0.3 is 10.2 Å². The molecule has 0 aliphatic carbocycles. The quantitative estimate of drug-likeness (QED) is 0.812.